The Bertz CT molecular complexity index is 1040. The molecule has 4 radical (unpaired) electrons. The molecule has 3 N–H and O–H groups in total. The van der Waals surface area contributed by atoms with Crippen LogP contribution >= 0.6 is 23.2 Å². The Hall–Kier alpha value is -2.00. The summed E-state index contributed by atoms with van der Waals surface area (Å²) in [6.07, 6.45) is 1.45. The van der Waals surface area contributed by atoms with Gasteiger partial charge in [0.25, 0.3) is 5.56 Å². The van der Waals surface area contributed by atoms with Gasteiger partial charge in [-0.05, 0) is 23.0 Å². The van der Waals surface area contributed by atoms with Crippen molar-refractivity contribution in [1.82, 2.24) is 19.7 Å². The van der Waals surface area contributed by atoms with Crippen LogP contribution in [0.25, 0.3) is 11.0 Å². The molecule has 0 saturated heterocycles. The predicted octanol–water partition coefficient (Wildman–Crippen LogP) is 0.995. The number of ether oxygens (including phenoxy) is 1. The zero-order chi connectivity index (χ0) is 20.3. The monoisotopic (exact) mass is 417 g/mol. The lowest BCUT2D eigenvalue weighted by molar-refractivity contribution is 0.0859. The zero-order valence-corrected chi connectivity index (χ0v) is 16.2. The van der Waals surface area contributed by atoms with Crippen LogP contribution < -0.4 is 10.9 Å². The van der Waals surface area contributed by atoms with Crippen LogP contribution in [0.5, 0.6) is 0 Å². The fourth-order valence-electron chi connectivity index (χ4n) is 2.57. The van der Waals surface area contributed by atoms with Crippen molar-refractivity contribution in [2.24, 2.45) is 0 Å². The molecule has 0 atom stereocenters. The van der Waals surface area contributed by atoms with Gasteiger partial charge in [-0.15, -0.1) is 0 Å². The quantitative estimate of drug-likeness (QED) is 0.373. The van der Waals surface area contributed by atoms with E-state index in [0.717, 1.165) is 0 Å². The van der Waals surface area contributed by atoms with Gasteiger partial charge < -0.3 is 15.2 Å². The first-order valence-corrected chi connectivity index (χ1v) is 9.03. The van der Waals surface area contributed by atoms with Gasteiger partial charge in [0, 0.05) is 0 Å². The van der Waals surface area contributed by atoms with Crippen LogP contribution in [-0.4, -0.2) is 60.4 Å². The molecule has 0 unspecified atom stereocenters. The summed E-state index contributed by atoms with van der Waals surface area (Å²) in [4.78, 5) is 19.4. The molecule has 0 amide bonds. The maximum atomic E-state index is 12.5. The topological polar surface area (TPSA) is 105 Å². The Balaban J connectivity index is 1.84. The predicted molar refractivity (Wildman–Crippen MR) is 109 cm³/mol. The molecule has 2 heterocycles. The highest BCUT2D eigenvalue weighted by Gasteiger charge is 2.22. The number of aliphatic hydroxyl groups is 1. The molecule has 28 heavy (non-hydrogen) atoms. The minimum absolute atomic E-state index is 0.0736. The summed E-state index contributed by atoms with van der Waals surface area (Å²) in [6.45, 7) is 0.770. The second-order valence-corrected chi connectivity index (χ2v) is 6.79. The summed E-state index contributed by atoms with van der Waals surface area (Å²) in [7, 11) is 12.3. The molecule has 0 aliphatic carbocycles. The molecule has 0 fully saturated rings. The van der Waals surface area contributed by atoms with Crippen molar-refractivity contribution < 1.29 is 9.84 Å². The van der Waals surface area contributed by atoms with Crippen LogP contribution in [0.4, 0.5) is 5.95 Å². The van der Waals surface area contributed by atoms with Gasteiger partial charge in [0.1, 0.15) is 5.52 Å². The van der Waals surface area contributed by atoms with Gasteiger partial charge in [0.15, 0.2) is 5.52 Å². The van der Waals surface area contributed by atoms with Gasteiger partial charge in [-0.3, -0.25) is 14.5 Å². The van der Waals surface area contributed by atoms with Crippen LogP contribution in [0, 0.1) is 0 Å². The molecule has 0 saturated carbocycles. The number of hydrogen-bond donors (Lipinski definition) is 3. The number of hydrogen-bond acceptors (Lipinski definition) is 6. The number of rotatable bonds is 8. The molecule has 3 rings (SSSR count). The third-order valence-electron chi connectivity index (χ3n) is 3.90. The molecule has 1 aromatic carbocycles. The average molecular weight is 418 g/mol. The smallest absolute Gasteiger partial charge is 0.278 e. The van der Waals surface area contributed by atoms with Gasteiger partial charge in [0.2, 0.25) is 5.95 Å². The van der Waals surface area contributed by atoms with Crippen LogP contribution in [0.2, 0.25) is 10.0 Å². The summed E-state index contributed by atoms with van der Waals surface area (Å²) in [5, 5.41) is 14.7. The van der Waals surface area contributed by atoms with Crippen molar-refractivity contribution in [2.45, 2.75) is 11.9 Å². The minimum Gasteiger partial charge on any atom is -0.394 e. The van der Waals surface area contributed by atoms with E-state index in [1.165, 1.54) is 16.9 Å². The van der Waals surface area contributed by atoms with E-state index >= 15 is 0 Å². The minimum atomic E-state index is -1.56. The first-order valence-electron chi connectivity index (χ1n) is 8.27. The number of fused-ring (bicyclic) bond motifs is 1. The zero-order valence-electron chi connectivity index (χ0n) is 14.7. The van der Waals surface area contributed by atoms with Gasteiger partial charge in [-0.1, -0.05) is 29.3 Å². The standard InChI is InChI=1S/C16H15B2Cl2N5O3/c17-16(18,9-1-2-10(19)11(20)7-9)24-15-22-12-8-21-25(3-5-28-6-4-26)13(12)14(27)23-15/h1-2,7-8,26H,3-6H2,(H2,22,23,24,27). The number of aromatic amines is 1. The lowest BCUT2D eigenvalue weighted by Gasteiger charge is -2.28. The highest BCUT2D eigenvalue weighted by molar-refractivity contribution is 6.43. The molecule has 2 aromatic heterocycles. The van der Waals surface area contributed by atoms with E-state index in [1.54, 1.807) is 12.1 Å². The Morgan fingerprint density at radius 2 is 2.07 bits per heavy atom. The molecule has 3 aromatic rings. The van der Waals surface area contributed by atoms with E-state index in [9.17, 15) is 4.79 Å². The average Bonchev–Trinajstić information content (AvgIpc) is 3.04. The normalized spacial score (nSPS) is 11.8. The number of nitrogens with one attached hydrogen (secondary N) is 2. The van der Waals surface area contributed by atoms with Crippen LogP contribution in [0.3, 0.4) is 0 Å². The van der Waals surface area contributed by atoms with Crippen molar-refractivity contribution in [1.29, 1.82) is 0 Å². The number of aliphatic hydroxyl groups excluding tert-OH is 1. The molecule has 12 heteroatoms. The summed E-state index contributed by atoms with van der Waals surface area (Å²) in [6, 6.07) is 4.71. The summed E-state index contributed by atoms with van der Waals surface area (Å²) in [5.74, 6) is 0.0738. The number of aromatic nitrogens is 4. The van der Waals surface area contributed by atoms with E-state index in [2.05, 4.69) is 20.4 Å². The van der Waals surface area contributed by atoms with E-state index in [0.29, 0.717) is 34.3 Å². The molecule has 142 valence electrons. The molecule has 0 bridgehead atoms. The number of halogens is 2. The molecule has 0 aliphatic rings. The Labute approximate surface area is 173 Å². The van der Waals surface area contributed by atoms with Crippen molar-refractivity contribution in [3.8, 4) is 0 Å². The summed E-state index contributed by atoms with van der Waals surface area (Å²) < 4.78 is 6.66. The lowest BCUT2D eigenvalue weighted by Crippen LogP contribution is -2.37. The first kappa shape index (κ1) is 20.7. The van der Waals surface area contributed by atoms with Gasteiger partial charge in [-0.2, -0.15) is 5.10 Å². The molecular formula is C16H15B2Cl2N5O3. The first-order chi connectivity index (χ1) is 13.3. The van der Waals surface area contributed by atoms with E-state index in [1.807, 2.05) is 0 Å². The SMILES string of the molecule is [B]C([B])(Nc1nc2cnn(CCOCCO)c2c(=O)[nH]1)c1ccc(Cl)c(Cl)c1. The van der Waals surface area contributed by atoms with Crippen molar-refractivity contribution in [3.63, 3.8) is 0 Å². The van der Waals surface area contributed by atoms with Gasteiger partial charge in [-0.25, -0.2) is 4.98 Å². The van der Waals surface area contributed by atoms with Gasteiger partial charge >= 0.3 is 0 Å². The van der Waals surface area contributed by atoms with E-state index in [4.69, 9.17) is 48.7 Å². The third kappa shape index (κ3) is 4.52. The van der Waals surface area contributed by atoms with Gasteiger partial charge in [0.05, 0.1) is 58.3 Å². The Morgan fingerprint density at radius 3 is 2.79 bits per heavy atom. The number of anilines is 1. The Morgan fingerprint density at radius 1 is 1.29 bits per heavy atom. The van der Waals surface area contributed by atoms with E-state index in [-0.39, 0.29) is 24.7 Å². The van der Waals surface area contributed by atoms with Crippen LogP contribution in [0.1, 0.15) is 5.56 Å². The summed E-state index contributed by atoms with van der Waals surface area (Å²) >= 11 is 11.9. The van der Waals surface area contributed by atoms with Crippen LogP contribution in [0.15, 0.2) is 29.2 Å². The highest BCUT2D eigenvalue weighted by atomic mass is 35.5. The third-order valence-corrected chi connectivity index (χ3v) is 4.64. The second-order valence-electron chi connectivity index (χ2n) is 5.97. The lowest BCUT2D eigenvalue weighted by atomic mass is 9.58. The second kappa shape index (κ2) is 8.57. The van der Waals surface area contributed by atoms with E-state index < -0.39 is 10.9 Å². The summed E-state index contributed by atoms with van der Waals surface area (Å²) in [5.41, 5.74) is 0.671. The van der Waals surface area contributed by atoms with Crippen LogP contribution in [-0.2, 0) is 16.6 Å². The number of H-pyrrole nitrogens is 1. The Kier molecular flexibility index (Phi) is 6.34. The maximum Gasteiger partial charge on any atom is 0.278 e. The number of nitrogens with zero attached hydrogens (tertiary/aromatic N) is 3. The fourth-order valence-corrected chi connectivity index (χ4v) is 2.87. The molecule has 0 spiro atoms. The number of benzene rings is 1. The maximum absolute atomic E-state index is 12.5. The van der Waals surface area contributed by atoms with Crippen molar-refractivity contribution in [3.05, 3.63) is 50.4 Å². The molecule has 8 nitrogen and oxygen atoms in total. The molecule has 0 aliphatic heterocycles. The highest BCUT2D eigenvalue weighted by Crippen LogP contribution is 2.27. The van der Waals surface area contributed by atoms with Crippen molar-refractivity contribution in [2.75, 3.05) is 25.1 Å². The fraction of sp³-hybridized carbons (Fsp3) is 0.312. The van der Waals surface area contributed by atoms with Crippen molar-refractivity contribution >= 4 is 55.9 Å². The molecular weight excluding hydrogens is 403 g/mol. The largest absolute Gasteiger partial charge is 0.394 e.